The largest absolute Gasteiger partial charge is 1.00 e. The molecule has 0 aromatic rings. The maximum absolute atomic E-state index is 9.25. The number of rotatable bonds is 1. The van der Waals surface area contributed by atoms with Gasteiger partial charge in [0.2, 0.25) is 6.29 Å². The molecule has 1 aliphatic rings. The van der Waals surface area contributed by atoms with Gasteiger partial charge in [-0.05, 0) is 0 Å². The minimum atomic E-state index is -1.24. The molecule has 0 aliphatic carbocycles. The van der Waals surface area contributed by atoms with Crippen LogP contribution in [0.1, 0.15) is 0 Å². The Labute approximate surface area is 81.3 Å². The smallest absolute Gasteiger partial charge is 0.211 e. The van der Waals surface area contributed by atoms with Crippen molar-refractivity contribution in [3.63, 3.8) is 0 Å². The maximum atomic E-state index is 9.25. The van der Waals surface area contributed by atoms with Gasteiger partial charge in [-0.1, -0.05) is 0 Å². The highest BCUT2D eigenvalue weighted by molar-refractivity contribution is 4.87. The third-order valence-electron chi connectivity index (χ3n) is 2.03. The Morgan fingerprint density at radius 1 is 1.15 bits per heavy atom. The van der Waals surface area contributed by atoms with Gasteiger partial charge in [-0.2, -0.15) is 0 Å². The fourth-order valence-electron chi connectivity index (χ4n) is 1.15. The molecular weight excluding hydrogens is 202 g/mol. The van der Waals surface area contributed by atoms with E-state index in [4.69, 9.17) is 14.9 Å². The summed E-state index contributed by atoms with van der Waals surface area (Å²) in [5, 5.41) is 36.3. The van der Waals surface area contributed by atoms with Gasteiger partial charge in [-0.3, -0.25) is 0 Å². The van der Waals surface area contributed by atoms with E-state index in [2.05, 4.69) is 5.73 Å². The number of hydrogen-bond donors (Lipinski definition) is 5. The Morgan fingerprint density at radius 2 is 1.69 bits per heavy atom. The second-order valence-electron chi connectivity index (χ2n) is 2.89. The zero-order valence-corrected chi connectivity index (χ0v) is 7.63. The molecule has 1 heterocycles. The molecule has 0 bridgehead atoms. The zero-order chi connectivity index (χ0) is 9.30. The van der Waals surface area contributed by atoms with Gasteiger partial charge in [0, 0.05) is 0 Å². The quantitative estimate of drug-likeness (QED) is 0.298. The van der Waals surface area contributed by atoms with Crippen molar-refractivity contribution in [2.45, 2.75) is 30.6 Å². The van der Waals surface area contributed by atoms with Crippen molar-refractivity contribution < 1.29 is 43.3 Å². The van der Waals surface area contributed by atoms with Crippen molar-refractivity contribution in [2.75, 3.05) is 6.61 Å². The number of aliphatic hydroxyl groups is 4. The van der Waals surface area contributed by atoms with E-state index < -0.39 is 37.3 Å². The number of aliphatic hydroxyl groups excluding tert-OH is 4. The predicted molar refractivity (Wildman–Crippen MR) is 36.7 cm³/mol. The van der Waals surface area contributed by atoms with E-state index in [0.29, 0.717) is 0 Å². The topological polar surface area (TPSA) is 118 Å². The van der Waals surface area contributed by atoms with Crippen molar-refractivity contribution >= 4 is 0 Å². The Hall–Kier alpha value is 0.0500. The molecule has 7 N–H and O–H groups in total. The number of halogens is 1. The molecule has 1 saturated heterocycles. The predicted octanol–water partition coefficient (Wildman–Crippen LogP) is -6.97. The van der Waals surface area contributed by atoms with Crippen molar-refractivity contribution in [3.8, 4) is 0 Å². The van der Waals surface area contributed by atoms with E-state index in [0.717, 1.165) is 0 Å². The monoisotopic (exact) mass is 215 g/mol. The lowest BCUT2D eigenvalue weighted by Crippen LogP contribution is -3.00. The summed E-state index contributed by atoms with van der Waals surface area (Å²) in [5.41, 5.74) is 3.41. The van der Waals surface area contributed by atoms with Gasteiger partial charge in [0.15, 0.2) is 6.04 Å². The molecular formula is C6H14ClNO5. The van der Waals surface area contributed by atoms with Crippen molar-refractivity contribution in [2.24, 2.45) is 0 Å². The first-order valence-corrected chi connectivity index (χ1v) is 3.71. The first-order valence-electron chi connectivity index (χ1n) is 3.71. The van der Waals surface area contributed by atoms with Gasteiger partial charge in [0.1, 0.15) is 18.3 Å². The van der Waals surface area contributed by atoms with E-state index in [9.17, 15) is 10.2 Å². The van der Waals surface area contributed by atoms with E-state index in [1.165, 1.54) is 0 Å². The Kier molecular flexibility index (Phi) is 5.08. The van der Waals surface area contributed by atoms with Gasteiger partial charge in [0.05, 0.1) is 6.61 Å². The van der Waals surface area contributed by atoms with Crippen LogP contribution in [0.3, 0.4) is 0 Å². The summed E-state index contributed by atoms with van der Waals surface area (Å²) in [4.78, 5) is 0. The Morgan fingerprint density at radius 3 is 2.15 bits per heavy atom. The highest BCUT2D eigenvalue weighted by Gasteiger charge is 2.43. The molecule has 80 valence electrons. The van der Waals surface area contributed by atoms with Gasteiger partial charge in [0.25, 0.3) is 0 Å². The molecule has 0 spiro atoms. The van der Waals surface area contributed by atoms with Crippen LogP contribution < -0.4 is 18.1 Å². The van der Waals surface area contributed by atoms with Crippen LogP contribution in [0.15, 0.2) is 0 Å². The van der Waals surface area contributed by atoms with E-state index in [-0.39, 0.29) is 12.4 Å². The van der Waals surface area contributed by atoms with Gasteiger partial charge in [-0.25, -0.2) is 0 Å². The first kappa shape index (κ1) is 13.1. The third kappa shape index (κ3) is 2.50. The van der Waals surface area contributed by atoms with E-state index in [1.807, 2.05) is 0 Å². The van der Waals surface area contributed by atoms with Crippen molar-refractivity contribution in [1.29, 1.82) is 0 Å². The summed E-state index contributed by atoms with van der Waals surface area (Å²) in [6.45, 7) is -0.442. The lowest BCUT2D eigenvalue weighted by molar-refractivity contribution is -0.497. The normalized spacial score (nSPS) is 45.5. The van der Waals surface area contributed by atoms with Gasteiger partial charge in [-0.15, -0.1) is 0 Å². The summed E-state index contributed by atoms with van der Waals surface area (Å²) in [7, 11) is 0. The van der Waals surface area contributed by atoms with Gasteiger partial charge < -0.3 is 43.3 Å². The molecule has 0 amide bonds. The Balaban J connectivity index is 0.00000144. The van der Waals surface area contributed by atoms with Crippen LogP contribution in [0.25, 0.3) is 0 Å². The fraction of sp³-hybridized carbons (Fsp3) is 1.00. The van der Waals surface area contributed by atoms with Crippen LogP contribution in [-0.2, 0) is 4.74 Å². The summed E-state index contributed by atoms with van der Waals surface area (Å²) in [6, 6.07) is -0.789. The minimum absolute atomic E-state index is 0. The van der Waals surface area contributed by atoms with Crippen LogP contribution in [0.2, 0.25) is 0 Å². The average Bonchev–Trinajstić information content (AvgIpc) is 2.08. The molecule has 1 rings (SSSR count). The molecule has 2 unspecified atom stereocenters. The van der Waals surface area contributed by atoms with Crippen molar-refractivity contribution in [1.82, 2.24) is 0 Å². The SMILES string of the molecule is [Cl-].[NH3+][C@H]1C(O)[C@H](O)C(CO)O[C@H]1O. The molecule has 0 radical (unpaired) electrons. The number of hydrogen-bond acceptors (Lipinski definition) is 5. The summed E-state index contributed by atoms with van der Waals surface area (Å²) in [6.07, 6.45) is -4.53. The minimum Gasteiger partial charge on any atom is -1.00 e. The number of ether oxygens (including phenoxy) is 1. The molecule has 0 aromatic carbocycles. The standard InChI is InChI=1S/C6H13NO5.ClH/c7-3-5(10)4(9)2(1-8)12-6(3)11;/h2-6,8-11H,1,7H2;1H/t2?,3-,4+,5?,6+;/m0./s1. The van der Waals surface area contributed by atoms with Crippen LogP contribution in [-0.4, -0.2) is 57.7 Å². The maximum Gasteiger partial charge on any atom is 0.211 e. The molecule has 7 heteroatoms. The lowest BCUT2D eigenvalue weighted by atomic mass is 9.98. The van der Waals surface area contributed by atoms with Crippen LogP contribution in [0, 0.1) is 0 Å². The van der Waals surface area contributed by atoms with Crippen LogP contribution in [0.4, 0.5) is 0 Å². The highest BCUT2D eigenvalue weighted by Crippen LogP contribution is 2.16. The average molecular weight is 216 g/mol. The molecule has 1 fully saturated rings. The van der Waals surface area contributed by atoms with Crippen LogP contribution >= 0.6 is 0 Å². The summed E-state index contributed by atoms with van der Waals surface area (Å²) >= 11 is 0. The summed E-state index contributed by atoms with van der Waals surface area (Å²) < 4.78 is 4.76. The second-order valence-corrected chi connectivity index (χ2v) is 2.89. The Bertz CT molecular complexity index is 155. The van der Waals surface area contributed by atoms with Gasteiger partial charge >= 0.3 is 0 Å². The van der Waals surface area contributed by atoms with E-state index >= 15 is 0 Å². The molecule has 6 nitrogen and oxygen atoms in total. The zero-order valence-electron chi connectivity index (χ0n) is 6.88. The van der Waals surface area contributed by atoms with Crippen molar-refractivity contribution in [3.05, 3.63) is 0 Å². The number of quaternary nitrogens is 1. The van der Waals surface area contributed by atoms with Crippen LogP contribution in [0.5, 0.6) is 0 Å². The summed E-state index contributed by atoms with van der Waals surface area (Å²) in [5.74, 6) is 0. The third-order valence-corrected chi connectivity index (χ3v) is 2.03. The molecule has 13 heavy (non-hydrogen) atoms. The fourth-order valence-corrected chi connectivity index (χ4v) is 1.15. The molecule has 0 aromatic heterocycles. The second kappa shape index (κ2) is 5.06. The first-order chi connectivity index (χ1) is 5.57. The molecule has 1 aliphatic heterocycles. The lowest BCUT2D eigenvalue weighted by Gasteiger charge is -2.36. The molecule has 5 atom stereocenters. The van der Waals surface area contributed by atoms with E-state index in [1.54, 1.807) is 0 Å². The highest BCUT2D eigenvalue weighted by atomic mass is 35.5. The molecule has 0 saturated carbocycles.